The van der Waals surface area contributed by atoms with E-state index >= 15 is 0 Å². The molecular formula is C15H21N5O. The van der Waals surface area contributed by atoms with Crippen LogP contribution in [0.3, 0.4) is 0 Å². The van der Waals surface area contributed by atoms with Gasteiger partial charge in [0.1, 0.15) is 5.82 Å². The van der Waals surface area contributed by atoms with Crippen molar-refractivity contribution in [1.82, 2.24) is 25.0 Å². The molecule has 3 heterocycles. The van der Waals surface area contributed by atoms with Crippen molar-refractivity contribution in [3.05, 3.63) is 29.9 Å². The largest absolute Gasteiger partial charge is 0.338 e. The number of imidazole rings is 1. The second-order valence-electron chi connectivity index (χ2n) is 6.21. The summed E-state index contributed by atoms with van der Waals surface area (Å²) in [6.07, 6.45) is 8.78. The smallest absolute Gasteiger partial charge is 0.243 e. The molecule has 1 aliphatic carbocycles. The average Bonchev–Trinajstić information content (AvgIpc) is 3.04. The molecule has 2 aromatic heterocycles. The number of aromatic nitrogens is 4. The number of nitrogens with zero attached hydrogens (tertiary/aromatic N) is 4. The predicted octanol–water partition coefficient (Wildman–Crippen LogP) is 2.37. The minimum absolute atomic E-state index is 0.0929. The number of rotatable bonds is 5. The lowest BCUT2D eigenvalue weighted by Gasteiger charge is -2.24. The van der Waals surface area contributed by atoms with E-state index in [-0.39, 0.29) is 6.04 Å². The minimum Gasteiger partial charge on any atom is -0.338 e. The van der Waals surface area contributed by atoms with E-state index in [9.17, 15) is 0 Å². The molecule has 0 unspecified atom stereocenters. The molecule has 0 amide bonds. The fourth-order valence-corrected chi connectivity index (χ4v) is 3.04. The van der Waals surface area contributed by atoms with Gasteiger partial charge in [-0.25, -0.2) is 4.98 Å². The maximum absolute atomic E-state index is 5.38. The zero-order valence-electron chi connectivity index (χ0n) is 12.3. The first-order valence-electron chi connectivity index (χ1n) is 7.89. The molecule has 6 nitrogen and oxygen atoms in total. The van der Waals surface area contributed by atoms with Gasteiger partial charge in [-0.1, -0.05) is 5.16 Å². The molecule has 1 saturated carbocycles. The molecule has 0 bridgehead atoms. The first-order valence-corrected chi connectivity index (χ1v) is 7.89. The fraction of sp³-hybridized carbons (Fsp3) is 0.667. The summed E-state index contributed by atoms with van der Waals surface area (Å²) < 4.78 is 7.64. The highest BCUT2D eigenvalue weighted by Crippen LogP contribution is 2.38. The van der Waals surface area contributed by atoms with E-state index in [1.54, 1.807) is 0 Å². The van der Waals surface area contributed by atoms with Gasteiger partial charge >= 0.3 is 0 Å². The van der Waals surface area contributed by atoms with Gasteiger partial charge in [0.15, 0.2) is 5.82 Å². The van der Waals surface area contributed by atoms with E-state index < -0.39 is 0 Å². The van der Waals surface area contributed by atoms with Crippen molar-refractivity contribution in [3.63, 3.8) is 0 Å². The van der Waals surface area contributed by atoms with E-state index in [1.165, 1.54) is 31.5 Å². The first kappa shape index (κ1) is 13.0. The van der Waals surface area contributed by atoms with Crippen LogP contribution in [0.4, 0.5) is 0 Å². The number of aryl methyl sites for hydroxylation is 1. The Labute approximate surface area is 123 Å². The predicted molar refractivity (Wildman–Crippen MR) is 76.9 cm³/mol. The summed E-state index contributed by atoms with van der Waals surface area (Å²) in [6, 6.07) is 0.0929. The Hall–Kier alpha value is -1.69. The summed E-state index contributed by atoms with van der Waals surface area (Å²) in [5.74, 6) is 3.80. The van der Waals surface area contributed by atoms with Gasteiger partial charge in [-0.05, 0) is 32.6 Å². The Kier molecular flexibility index (Phi) is 3.25. The van der Waals surface area contributed by atoms with Gasteiger partial charge in [0.05, 0.1) is 6.04 Å². The van der Waals surface area contributed by atoms with Crippen LogP contribution in [0.2, 0.25) is 0 Å². The highest BCUT2D eigenvalue weighted by Gasteiger charge is 2.30. The van der Waals surface area contributed by atoms with Crippen LogP contribution in [0.5, 0.6) is 0 Å². The molecule has 0 aromatic carbocycles. The minimum atomic E-state index is 0.0929. The number of hydrogen-bond donors (Lipinski definition) is 1. The Morgan fingerprint density at radius 2 is 2.33 bits per heavy atom. The van der Waals surface area contributed by atoms with E-state index in [1.807, 2.05) is 6.20 Å². The molecule has 2 aliphatic rings. The Balaban J connectivity index is 1.38. The molecule has 0 saturated heterocycles. The maximum Gasteiger partial charge on any atom is 0.243 e. The second-order valence-corrected chi connectivity index (χ2v) is 6.21. The van der Waals surface area contributed by atoms with Crippen molar-refractivity contribution < 1.29 is 4.52 Å². The summed E-state index contributed by atoms with van der Waals surface area (Å²) in [5, 5.41) is 7.60. The van der Waals surface area contributed by atoms with Crippen molar-refractivity contribution in [2.75, 3.05) is 6.54 Å². The molecule has 2 aromatic rings. The van der Waals surface area contributed by atoms with Crippen molar-refractivity contribution >= 4 is 0 Å². The van der Waals surface area contributed by atoms with Crippen LogP contribution in [-0.4, -0.2) is 26.2 Å². The summed E-state index contributed by atoms with van der Waals surface area (Å²) >= 11 is 0. The van der Waals surface area contributed by atoms with E-state index in [2.05, 4.69) is 38.1 Å². The zero-order chi connectivity index (χ0) is 14.2. The van der Waals surface area contributed by atoms with Crippen molar-refractivity contribution in [3.8, 4) is 0 Å². The van der Waals surface area contributed by atoms with Gasteiger partial charge in [0.2, 0.25) is 5.89 Å². The van der Waals surface area contributed by atoms with Crippen LogP contribution in [0.25, 0.3) is 0 Å². The highest BCUT2D eigenvalue weighted by molar-refractivity contribution is 5.06. The molecule has 4 rings (SSSR count). The van der Waals surface area contributed by atoms with Gasteiger partial charge in [-0.2, -0.15) is 4.98 Å². The molecule has 0 spiro atoms. The van der Waals surface area contributed by atoms with Crippen molar-refractivity contribution in [2.45, 2.75) is 57.0 Å². The number of fused-ring (bicyclic) bond motifs is 1. The first-order chi connectivity index (χ1) is 10.3. The Morgan fingerprint density at radius 1 is 1.43 bits per heavy atom. The molecule has 1 fully saturated rings. The third kappa shape index (κ3) is 2.60. The van der Waals surface area contributed by atoms with Gasteiger partial charge in [-0.3, -0.25) is 0 Å². The van der Waals surface area contributed by atoms with E-state index in [4.69, 9.17) is 4.52 Å². The Bertz CT molecular complexity index is 615. The second kappa shape index (κ2) is 5.26. The van der Waals surface area contributed by atoms with Gasteiger partial charge in [-0.15, -0.1) is 0 Å². The van der Waals surface area contributed by atoms with Crippen LogP contribution in [-0.2, 0) is 6.54 Å². The molecule has 2 atom stereocenters. The monoisotopic (exact) mass is 287 g/mol. The molecule has 21 heavy (non-hydrogen) atoms. The topological polar surface area (TPSA) is 68.8 Å². The Morgan fingerprint density at radius 3 is 3.19 bits per heavy atom. The van der Waals surface area contributed by atoms with E-state index in [0.717, 1.165) is 18.9 Å². The number of hydrogen-bond acceptors (Lipinski definition) is 5. The lowest BCUT2D eigenvalue weighted by atomic mass is 9.98. The quantitative estimate of drug-likeness (QED) is 0.914. The van der Waals surface area contributed by atoms with Gasteiger partial charge in [0, 0.05) is 37.3 Å². The van der Waals surface area contributed by atoms with Gasteiger partial charge < -0.3 is 14.4 Å². The highest BCUT2D eigenvalue weighted by atomic mass is 16.5. The normalized spacial score (nSPS) is 23.0. The van der Waals surface area contributed by atoms with Crippen LogP contribution >= 0.6 is 0 Å². The van der Waals surface area contributed by atoms with Crippen LogP contribution < -0.4 is 5.32 Å². The van der Waals surface area contributed by atoms with Crippen molar-refractivity contribution in [2.24, 2.45) is 0 Å². The number of nitrogens with one attached hydrogen (secondary N) is 1. The summed E-state index contributed by atoms with van der Waals surface area (Å²) in [6.45, 7) is 4.08. The SMILES string of the molecule is C[C@@H](NC[C@@H]1CCCn2ccnc21)c1nc(C2CC2)no1. The third-order valence-corrected chi connectivity index (χ3v) is 4.51. The molecule has 112 valence electrons. The lowest BCUT2D eigenvalue weighted by molar-refractivity contribution is 0.326. The molecule has 1 aliphatic heterocycles. The molecule has 1 N–H and O–H groups in total. The van der Waals surface area contributed by atoms with Crippen molar-refractivity contribution in [1.29, 1.82) is 0 Å². The standard InChI is InChI=1S/C15H21N5O/c1-10(15-18-13(19-21-15)11-4-5-11)17-9-12-3-2-7-20-8-6-16-14(12)20/h6,8,10-12,17H,2-5,7,9H2,1H3/t10-,12+/m1/s1. The summed E-state index contributed by atoms with van der Waals surface area (Å²) in [4.78, 5) is 9.01. The lowest BCUT2D eigenvalue weighted by Crippen LogP contribution is -2.28. The third-order valence-electron chi connectivity index (χ3n) is 4.51. The van der Waals surface area contributed by atoms with E-state index in [0.29, 0.717) is 17.7 Å². The zero-order valence-corrected chi connectivity index (χ0v) is 12.3. The molecular weight excluding hydrogens is 266 g/mol. The van der Waals surface area contributed by atoms with Crippen LogP contribution in [0, 0.1) is 0 Å². The average molecular weight is 287 g/mol. The van der Waals surface area contributed by atoms with Crippen LogP contribution in [0.15, 0.2) is 16.9 Å². The van der Waals surface area contributed by atoms with Gasteiger partial charge in [0.25, 0.3) is 0 Å². The fourth-order valence-electron chi connectivity index (χ4n) is 3.04. The molecule has 6 heteroatoms. The molecule has 0 radical (unpaired) electrons. The van der Waals surface area contributed by atoms with Crippen LogP contribution in [0.1, 0.15) is 68.0 Å². The summed E-state index contributed by atoms with van der Waals surface area (Å²) in [5.41, 5.74) is 0. The summed E-state index contributed by atoms with van der Waals surface area (Å²) in [7, 11) is 0. The maximum atomic E-state index is 5.38.